The van der Waals surface area contributed by atoms with Gasteiger partial charge in [-0.3, -0.25) is 0 Å². The quantitative estimate of drug-likeness (QED) is 0.355. The third-order valence-electron chi connectivity index (χ3n) is 1.19. The molecule has 12 heavy (non-hydrogen) atoms. The second-order valence-electron chi connectivity index (χ2n) is 1.91. The molecule has 0 aromatic carbocycles. The largest absolute Gasteiger partial charge is 0.411 e. The van der Waals surface area contributed by atoms with Crippen molar-refractivity contribution < 1.29 is 9.84 Å². The van der Waals surface area contributed by atoms with Gasteiger partial charge in [-0.1, -0.05) is 5.16 Å². The molecule has 1 heterocycles. The van der Waals surface area contributed by atoms with Crippen LogP contribution < -0.4 is 5.73 Å². The summed E-state index contributed by atoms with van der Waals surface area (Å²) in [4.78, 5) is 0. The number of oxime groups is 1. The Morgan fingerprint density at radius 1 is 1.75 bits per heavy atom. The summed E-state index contributed by atoms with van der Waals surface area (Å²) in [6, 6.07) is 1.79. The molecule has 7 heteroatoms. The summed E-state index contributed by atoms with van der Waals surface area (Å²) in [6.07, 6.45) is 0.982. The van der Waals surface area contributed by atoms with Crippen molar-refractivity contribution in [2.45, 2.75) is 5.92 Å². The molecule has 62 valence electrons. The summed E-state index contributed by atoms with van der Waals surface area (Å²) in [5.41, 5.74) is 5.43. The zero-order valence-electron chi connectivity index (χ0n) is 5.88. The SMILES string of the molecule is N#CC(/C=N\O)c1nonc1N. The Labute approximate surface area is 67.0 Å². The molecule has 1 aromatic rings. The summed E-state index contributed by atoms with van der Waals surface area (Å²) >= 11 is 0. The Hall–Kier alpha value is -2.10. The van der Waals surface area contributed by atoms with Crippen LogP contribution in [0.3, 0.4) is 0 Å². The smallest absolute Gasteiger partial charge is 0.193 e. The number of hydrogen-bond donors (Lipinski definition) is 2. The minimum atomic E-state index is -0.832. The first-order valence-electron chi connectivity index (χ1n) is 2.94. The van der Waals surface area contributed by atoms with Crippen LogP contribution in [0.25, 0.3) is 0 Å². The molecule has 0 aliphatic heterocycles. The van der Waals surface area contributed by atoms with E-state index in [2.05, 4.69) is 20.1 Å². The van der Waals surface area contributed by atoms with E-state index >= 15 is 0 Å². The van der Waals surface area contributed by atoms with Gasteiger partial charge in [0.15, 0.2) is 11.5 Å². The summed E-state index contributed by atoms with van der Waals surface area (Å²) in [5, 5.41) is 26.0. The molecule has 0 bridgehead atoms. The number of nitrogens with two attached hydrogens (primary N) is 1. The molecule has 0 spiro atoms. The van der Waals surface area contributed by atoms with E-state index in [1.165, 1.54) is 0 Å². The first-order chi connectivity index (χ1) is 5.79. The van der Waals surface area contributed by atoms with Crippen molar-refractivity contribution in [3.63, 3.8) is 0 Å². The van der Waals surface area contributed by atoms with Gasteiger partial charge in [0.2, 0.25) is 0 Å². The van der Waals surface area contributed by atoms with E-state index in [4.69, 9.17) is 16.2 Å². The van der Waals surface area contributed by atoms with E-state index in [0.29, 0.717) is 0 Å². The maximum atomic E-state index is 8.54. The summed E-state index contributed by atoms with van der Waals surface area (Å²) in [6.45, 7) is 0. The Morgan fingerprint density at radius 3 is 2.92 bits per heavy atom. The van der Waals surface area contributed by atoms with Gasteiger partial charge in [0.05, 0.1) is 12.3 Å². The Bertz CT molecular complexity index is 325. The van der Waals surface area contributed by atoms with Crippen molar-refractivity contribution in [1.82, 2.24) is 10.3 Å². The number of anilines is 1. The van der Waals surface area contributed by atoms with Gasteiger partial charge in [-0.25, -0.2) is 4.63 Å². The molecular weight excluding hydrogens is 162 g/mol. The van der Waals surface area contributed by atoms with Crippen molar-refractivity contribution in [2.24, 2.45) is 5.16 Å². The average molecular weight is 167 g/mol. The van der Waals surface area contributed by atoms with Crippen molar-refractivity contribution in [3.8, 4) is 6.07 Å². The third-order valence-corrected chi connectivity index (χ3v) is 1.19. The number of nitriles is 1. The van der Waals surface area contributed by atoms with E-state index in [1.54, 1.807) is 6.07 Å². The van der Waals surface area contributed by atoms with Gasteiger partial charge < -0.3 is 10.9 Å². The minimum absolute atomic E-state index is 0.0152. The van der Waals surface area contributed by atoms with Crippen LogP contribution in [0, 0.1) is 11.3 Å². The van der Waals surface area contributed by atoms with Crippen LogP contribution in [0.5, 0.6) is 0 Å². The number of nitrogen functional groups attached to an aromatic ring is 1. The second kappa shape index (κ2) is 3.34. The van der Waals surface area contributed by atoms with Gasteiger partial charge in [0.25, 0.3) is 0 Å². The highest BCUT2D eigenvalue weighted by Gasteiger charge is 2.17. The van der Waals surface area contributed by atoms with Crippen LogP contribution in [0.4, 0.5) is 5.82 Å². The number of nitrogens with zero attached hydrogens (tertiary/aromatic N) is 4. The predicted molar refractivity (Wildman–Crippen MR) is 37.3 cm³/mol. The summed E-state index contributed by atoms with van der Waals surface area (Å²) in [5.74, 6) is -0.817. The third kappa shape index (κ3) is 1.32. The zero-order chi connectivity index (χ0) is 8.97. The molecule has 0 saturated heterocycles. The molecule has 0 saturated carbocycles. The van der Waals surface area contributed by atoms with Crippen molar-refractivity contribution in [3.05, 3.63) is 5.69 Å². The molecule has 3 N–H and O–H groups in total. The maximum absolute atomic E-state index is 8.54. The van der Waals surface area contributed by atoms with Gasteiger partial charge in [0.1, 0.15) is 5.92 Å². The van der Waals surface area contributed by atoms with Gasteiger partial charge in [-0.05, 0) is 5.16 Å². The van der Waals surface area contributed by atoms with Gasteiger partial charge in [-0.15, -0.1) is 5.16 Å². The van der Waals surface area contributed by atoms with Crippen molar-refractivity contribution >= 4 is 12.0 Å². The Kier molecular flexibility index (Phi) is 2.23. The number of hydrogen-bond acceptors (Lipinski definition) is 7. The second-order valence-corrected chi connectivity index (χ2v) is 1.91. The molecule has 1 unspecified atom stereocenters. The van der Waals surface area contributed by atoms with Gasteiger partial charge >= 0.3 is 0 Å². The summed E-state index contributed by atoms with van der Waals surface area (Å²) in [7, 11) is 0. The lowest BCUT2D eigenvalue weighted by Crippen LogP contribution is -2.01. The van der Waals surface area contributed by atoms with Crippen LogP contribution in [0.1, 0.15) is 11.6 Å². The van der Waals surface area contributed by atoms with E-state index < -0.39 is 5.92 Å². The topological polar surface area (TPSA) is 121 Å². The van der Waals surface area contributed by atoms with Crippen LogP contribution in [-0.2, 0) is 0 Å². The molecule has 1 rings (SSSR count). The van der Waals surface area contributed by atoms with Crippen molar-refractivity contribution in [2.75, 3.05) is 5.73 Å². The predicted octanol–water partition coefficient (Wildman–Crippen LogP) is -0.281. The van der Waals surface area contributed by atoms with E-state index in [9.17, 15) is 0 Å². The Morgan fingerprint density at radius 2 is 2.50 bits per heavy atom. The van der Waals surface area contributed by atoms with Crippen LogP contribution in [-0.4, -0.2) is 21.7 Å². The molecule has 1 aromatic heterocycles. The lowest BCUT2D eigenvalue weighted by Gasteiger charge is -1.93. The highest BCUT2D eigenvalue weighted by molar-refractivity contribution is 5.72. The monoisotopic (exact) mass is 167 g/mol. The fourth-order valence-corrected chi connectivity index (χ4v) is 0.650. The van der Waals surface area contributed by atoms with Crippen LogP contribution in [0.2, 0.25) is 0 Å². The number of rotatable bonds is 2. The van der Waals surface area contributed by atoms with Crippen LogP contribution >= 0.6 is 0 Å². The lowest BCUT2D eigenvalue weighted by molar-refractivity contribution is 0.304. The number of aromatic nitrogens is 2. The van der Waals surface area contributed by atoms with Gasteiger partial charge in [-0.2, -0.15) is 5.26 Å². The first kappa shape index (κ1) is 8.00. The minimum Gasteiger partial charge on any atom is -0.411 e. The zero-order valence-corrected chi connectivity index (χ0v) is 5.88. The van der Waals surface area contributed by atoms with E-state index in [-0.39, 0.29) is 11.5 Å². The van der Waals surface area contributed by atoms with E-state index in [1.807, 2.05) is 0 Å². The molecule has 0 amide bonds. The molecule has 1 atom stereocenters. The Balaban J connectivity index is 2.96. The average Bonchev–Trinajstić information content (AvgIpc) is 2.47. The van der Waals surface area contributed by atoms with Crippen molar-refractivity contribution in [1.29, 1.82) is 5.26 Å². The summed E-state index contributed by atoms with van der Waals surface area (Å²) < 4.78 is 4.25. The molecule has 7 nitrogen and oxygen atoms in total. The maximum Gasteiger partial charge on any atom is 0.193 e. The highest BCUT2D eigenvalue weighted by Crippen LogP contribution is 2.15. The fourth-order valence-electron chi connectivity index (χ4n) is 0.650. The molecular formula is C5H5N5O2. The fraction of sp³-hybridized carbons (Fsp3) is 0.200. The molecule has 0 aliphatic carbocycles. The first-order valence-corrected chi connectivity index (χ1v) is 2.94. The molecule has 0 fully saturated rings. The van der Waals surface area contributed by atoms with Crippen LogP contribution in [0.15, 0.2) is 9.78 Å². The molecule has 0 aliphatic rings. The van der Waals surface area contributed by atoms with E-state index in [0.717, 1.165) is 6.21 Å². The van der Waals surface area contributed by atoms with Gasteiger partial charge in [0, 0.05) is 0 Å². The molecule has 0 radical (unpaired) electrons. The normalized spacial score (nSPS) is 12.9. The lowest BCUT2D eigenvalue weighted by atomic mass is 10.1. The standard InChI is InChI=1S/C5H5N5O2/c6-1-3(2-8-11)4-5(7)10-12-9-4/h2-3,11H,(H2,7,10)/b8-2-. The highest BCUT2D eigenvalue weighted by atomic mass is 16.6.